The molecule has 2 unspecified atom stereocenters. The minimum Gasteiger partial charge on any atom is -0.456 e. The van der Waals surface area contributed by atoms with Crippen molar-refractivity contribution < 1.29 is 9.53 Å². The van der Waals surface area contributed by atoms with Gasteiger partial charge in [-0.1, -0.05) is 46.3 Å². The van der Waals surface area contributed by atoms with Crippen LogP contribution in [0.25, 0.3) is 0 Å². The molecule has 0 amide bonds. The summed E-state index contributed by atoms with van der Waals surface area (Å²) in [5, 5.41) is 0. The lowest BCUT2D eigenvalue weighted by atomic mass is 10.0. The van der Waals surface area contributed by atoms with E-state index in [2.05, 4.69) is 15.9 Å². The summed E-state index contributed by atoms with van der Waals surface area (Å²) in [6.45, 7) is 0. The number of ether oxygens (including phenoxy) is 1. The molecule has 1 aliphatic rings. The standard InChI is InChI=1S/C12H13BrO2/c13-10-7-4-8-11(14)15-12(10)9-5-2-1-3-6-9/h1-3,5-6,10,12H,4,7-8H2. The van der Waals surface area contributed by atoms with Gasteiger partial charge in [0.2, 0.25) is 0 Å². The number of carbonyl (C=O) groups excluding carboxylic acids is 1. The van der Waals surface area contributed by atoms with Crippen LogP contribution < -0.4 is 0 Å². The van der Waals surface area contributed by atoms with Crippen LogP contribution in [0.4, 0.5) is 0 Å². The van der Waals surface area contributed by atoms with Gasteiger partial charge in [-0.3, -0.25) is 4.79 Å². The van der Waals surface area contributed by atoms with Crippen LogP contribution in [0.2, 0.25) is 0 Å². The molecule has 1 heterocycles. The minimum atomic E-state index is -0.138. The van der Waals surface area contributed by atoms with Gasteiger partial charge in [-0.05, 0) is 18.4 Å². The Labute approximate surface area is 97.8 Å². The normalized spacial score (nSPS) is 26.9. The highest BCUT2D eigenvalue weighted by Gasteiger charge is 2.27. The van der Waals surface area contributed by atoms with E-state index < -0.39 is 0 Å². The number of cyclic esters (lactones) is 1. The Bertz CT molecular complexity index is 337. The van der Waals surface area contributed by atoms with Gasteiger partial charge in [-0.2, -0.15) is 0 Å². The number of hydrogen-bond acceptors (Lipinski definition) is 2. The summed E-state index contributed by atoms with van der Waals surface area (Å²) >= 11 is 3.59. The zero-order valence-electron chi connectivity index (χ0n) is 8.36. The molecule has 1 aromatic carbocycles. The summed E-state index contributed by atoms with van der Waals surface area (Å²) in [6, 6.07) is 9.89. The molecule has 2 rings (SSSR count). The number of hydrogen-bond donors (Lipinski definition) is 0. The summed E-state index contributed by atoms with van der Waals surface area (Å²) in [5.74, 6) is -0.0918. The monoisotopic (exact) mass is 268 g/mol. The summed E-state index contributed by atoms with van der Waals surface area (Å²) in [4.78, 5) is 11.6. The number of rotatable bonds is 1. The average Bonchev–Trinajstić information content (AvgIpc) is 2.42. The van der Waals surface area contributed by atoms with E-state index in [9.17, 15) is 4.79 Å². The third kappa shape index (κ3) is 2.59. The van der Waals surface area contributed by atoms with Crippen molar-refractivity contribution in [1.29, 1.82) is 0 Å². The Morgan fingerprint density at radius 1 is 1.27 bits per heavy atom. The predicted molar refractivity (Wildman–Crippen MR) is 61.8 cm³/mol. The van der Waals surface area contributed by atoms with Crippen molar-refractivity contribution in [2.45, 2.75) is 30.2 Å². The van der Waals surface area contributed by atoms with E-state index in [1.165, 1.54) is 0 Å². The fraction of sp³-hybridized carbons (Fsp3) is 0.417. The molecule has 80 valence electrons. The van der Waals surface area contributed by atoms with Crippen LogP contribution in [0, 0.1) is 0 Å². The Hall–Kier alpha value is -0.830. The number of alkyl halides is 1. The zero-order valence-corrected chi connectivity index (χ0v) is 9.94. The van der Waals surface area contributed by atoms with Crippen LogP contribution in [0.1, 0.15) is 30.9 Å². The predicted octanol–water partition coefficient (Wildman–Crippen LogP) is 3.22. The molecule has 15 heavy (non-hydrogen) atoms. The van der Waals surface area contributed by atoms with Crippen LogP contribution in [0.3, 0.4) is 0 Å². The number of carbonyl (C=O) groups is 1. The molecule has 0 aliphatic carbocycles. The first-order chi connectivity index (χ1) is 7.27. The van der Waals surface area contributed by atoms with Gasteiger partial charge >= 0.3 is 5.97 Å². The molecule has 1 fully saturated rings. The third-order valence-electron chi connectivity index (χ3n) is 2.58. The van der Waals surface area contributed by atoms with E-state index in [4.69, 9.17) is 4.74 Å². The van der Waals surface area contributed by atoms with E-state index in [1.54, 1.807) is 0 Å². The Morgan fingerprint density at radius 3 is 2.73 bits per heavy atom. The van der Waals surface area contributed by atoms with Gasteiger partial charge in [-0.15, -0.1) is 0 Å². The topological polar surface area (TPSA) is 26.3 Å². The van der Waals surface area contributed by atoms with Gasteiger partial charge in [-0.25, -0.2) is 0 Å². The molecule has 1 aromatic rings. The van der Waals surface area contributed by atoms with Crippen LogP contribution in [0.5, 0.6) is 0 Å². The molecular weight excluding hydrogens is 256 g/mol. The fourth-order valence-electron chi connectivity index (χ4n) is 1.79. The molecular formula is C12H13BrO2. The molecule has 0 aromatic heterocycles. The molecule has 2 nitrogen and oxygen atoms in total. The Morgan fingerprint density at radius 2 is 2.00 bits per heavy atom. The molecule has 3 heteroatoms. The second-order valence-corrected chi connectivity index (χ2v) is 4.91. The molecule has 1 saturated heterocycles. The van der Waals surface area contributed by atoms with Gasteiger partial charge in [0.15, 0.2) is 0 Å². The third-order valence-corrected chi connectivity index (χ3v) is 3.51. The molecule has 2 atom stereocenters. The molecule has 1 aliphatic heterocycles. The summed E-state index contributed by atoms with van der Waals surface area (Å²) in [6.07, 6.45) is 2.27. The summed E-state index contributed by atoms with van der Waals surface area (Å²) in [5.41, 5.74) is 1.06. The maximum absolute atomic E-state index is 11.4. The Kier molecular flexibility index (Phi) is 3.41. The summed E-state index contributed by atoms with van der Waals surface area (Å²) in [7, 11) is 0. The molecule has 0 spiro atoms. The smallest absolute Gasteiger partial charge is 0.306 e. The van der Waals surface area contributed by atoms with Gasteiger partial charge in [0.1, 0.15) is 6.10 Å². The number of esters is 1. The fourth-order valence-corrected chi connectivity index (χ4v) is 2.52. The van der Waals surface area contributed by atoms with E-state index in [1.807, 2.05) is 30.3 Å². The van der Waals surface area contributed by atoms with Crippen molar-refractivity contribution in [3.05, 3.63) is 35.9 Å². The van der Waals surface area contributed by atoms with Crippen molar-refractivity contribution in [3.8, 4) is 0 Å². The SMILES string of the molecule is O=C1CCCC(Br)C(c2ccccc2)O1. The van der Waals surface area contributed by atoms with Crippen LogP contribution >= 0.6 is 15.9 Å². The average molecular weight is 269 g/mol. The second-order valence-electron chi connectivity index (χ2n) is 3.73. The minimum absolute atomic E-state index is 0.0918. The molecule has 0 bridgehead atoms. The van der Waals surface area contributed by atoms with Crippen molar-refractivity contribution in [2.75, 3.05) is 0 Å². The van der Waals surface area contributed by atoms with E-state index in [-0.39, 0.29) is 16.9 Å². The quantitative estimate of drug-likeness (QED) is 0.578. The van der Waals surface area contributed by atoms with Crippen molar-refractivity contribution >= 4 is 21.9 Å². The van der Waals surface area contributed by atoms with Crippen molar-refractivity contribution in [1.82, 2.24) is 0 Å². The van der Waals surface area contributed by atoms with Gasteiger partial charge in [0, 0.05) is 6.42 Å². The number of halogens is 1. The lowest BCUT2D eigenvalue weighted by Crippen LogP contribution is -2.15. The first kappa shape index (κ1) is 10.7. The van der Waals surface area contributed by atoms with Gasteiger partial charge < -0.3 is 4.74 Å². The van der Waals surface area contributed by atoms with Crippen LogP contribution in [-0.2, 0) is 9.53 Å². The van der Waals surface area contributed by atoms with E-state index in [0.717, 1.165) is 18.4 Å². The van der Waals surface area contributed by atoms with E-state index in [0.29, 0.717) is 6.42 Å². The van der Waals surface area contributed by atoms with Crippen molar-refractivity contribution in [2.24, 2.45) is 0 Å². The highest BCUT2D eigenvalue weighted by atomic mass is 79.9. The maximum atomic E-state index is 11.4. The largest absolute Gasteiger partial charge is 0.456 e. The molecule has 0 N–H and O–H groups in total. The van der Waals surface area contributed by atoms with Crippen molar-refractivity contribution in [3.63, 3.8) is 0 Å². The highest BCUT2D eigenvalue weighted by Crippen LogP contribution is 2.32. The highest BCUT2D eigenvalue weighted by molar-refractivity contribution is 9.09. The molecule has 0 radical (unpaired) electrons. The van der Waals surface area contributed by atoms with Crippen LogP contribution in [0.15, 0.2) is 30.3 Å². The lowest BCUT2D eigenvalue weighted by Gasteiger charge is -2.20. The van der Waals surface area contributed by atoms with Crippen LogP contribution in [-0.4, -0.2) is 10.8 Å². The zero-order chi connectivity index (χ0) is 10.7. The summed E-state index contributed by atoms with van der Waals surface area (Å²) < 4.78 is 5.42. The van der Waals surface area contributed by atoms with Gasteiger partial charge in [0.25, 0.3) is 0 Å². The number of benzene rings is 1. The Balaban J connectivity index is 2.21. The first-order valence-corrected chi connectivity index (χ1v) is 6.07. The van der Waals surface area contributed by atoms with Gasteiger partial charge in [0.05, 0.1) is 4.83 Å². The molecule has 0 saturated carbocycles. The first-order valence-electron chi connectivity index (χ1n) is 5.16. The maximum Gasteiger partial charge on any atom is 0.306 e. The van der Waals surface area contributed by atoms with E-state index >= 15 is 0 Å². The lowest BCUT2D eigenvalue weighted by molar-refractivity contribution is -0.148. The second kappa shape index (κ2) is 4.79.